The van der Waals surface area contributed by atoms with Crippen LogP contribution in [0.2, 0.25) is 0 Å². The number of carbonyl (C=O) groups is 2. The SMILES string of the molecule is CCC(CCNC(=O)c1cc(Br)ccc1I)CCC(=O)O. The predicted octanol–water partition coefficient (Wildman–Crippen LogP) is 4.06. The summed E-state index contributed by atoms with van der Waals surface area (Å²) < 4.78 is 1.78. The van der Waals surface area contributed by atoms with Crippen LogP contribution in [0, 0.1) is 9.49 Å². The van der Waals surface area contributed by atoms with Gasteiger partial charge in [0.25, 0.3) is 5.91 Å². The summed E-state index contributed by atoms with van der Waals surface area (Å²) in [5.74, 6) is -0.516. The van der Waals surface area contributed by atoms with Gasteiger partial charge < -0.3 is 10.4 Å². The zero-order valence-electron chi connectivity index (χ0n) is 11.9. The minimum atomic E-state index is -0.763. The summed E-state index contributed by atoms with van der Waals surface area (Å²) >= 11 is 5.50. The van der Waals surface area contributed by atoms with Crippen LogP contribution in [0.5, 0.6) is 0 Å². The van der Waals surface area contributed by atoms with Crippen LogP contribution in [0.3, 0.4) is 0 Å². The Morgan fingerprint density at radius 1 is 1.38 bits per heavy atom. The van der Waals surface area contributed by atoms with Gasteiger partial charge in [0.1, 0.15) is 0 Å². The highest BCUT2D eigenvalue weighted by molar-refractivity contribution is 14.1. The van der Waals surface area contributed by atoms with E-state index in [1.807, 2.05) is 19.1 Å². The Morgan fingerprint density at radius 3 is 2.71 bits per heavy atom. The van der Waals surface area contributed by atoms with Crippen LogP contribution >= 0.6 is 38.5 Å². The fraction of sp³-hybridized carbons (Fsp3) is 0.467. The lowest BCUT2D eigenvalue weighted by atomic mass is 9.96. The summed E-state index contributed by atoms with van der Waals surface area (Å²) in [7, 11) is 0. The van der Waals surface area contributed by atoms with E-state index >= 15 is 0 Å². The Balaban J connectivity index is 2.45. The number of amides is 1. The minimum absolute atomic E-state index is 0.0891. The van der Waals surface area contributed by atoms with E-state index in [9.17, 15) is 9.59 Å². The molecular formula is C15H19BrINO3. The molecule has 6 heteroatoms. The standard InChI is InChI=1S/C15H19BrINO3/c1-2-10(3-6-14(19)20)7-8-18-15(21)12-9-11(16)4-5-13(12)17/h4-5,9-10H,2-3,6-8H2,1H3,(H,18,21)(H,19,20). The zero-order chi connectivity index (χ0) is 15.8. The molecule has 0 bridgehead atoms. The van der Waals surface area contributed by atoms with Gasteiger partial charge in [0.2, 0.25) is 0 Å². The average Bonchev–Trinajstić information content (AvgIpc) is 2.44. The fourth-order valence-electron chi connectivity index (χ4n) is 2.04. The quantitative estimate of drug-likeness (QED) is 0.566. The van der Waals surface area contributed by atoms with Gasteiger partial charge in [-0.25, -0.2) is 0 Å². The van der Waals surface area contributed by atoms with E-state index in [0.717, 1.165) is 20.9 Å². The predicted molar refractivity (Wildman–Crippen MR) is 94.5 cm³/mol. The van der Waals surface area contributed by atoms with Crippen molar-refractivity contribution in [2.75, 3.05) is 6.54 Å². The third-order valence-electron chi connectivity index (χ3n) is 3.35. The Kier molecular flexibility index (Phi) is 8.24. The second-order valence-electron chi connectivity index (χ2n) is 4.88. The van der Waals surface area contributed by atoms with Crippen LogP contribution in [0.1, 0.15) is 43.0 Å². The second-order valence-corrected chi connectivity index (χ2v) is 6.95. The van der Waals surface area contributed by atoms with E-state index in [1.165, 1.54) is 0 Å². The van der Waals surface area contributed by atoms with Crippen molar-refractivity contribution < 1.29 is 14.7 Å². The molecular weight excluding hydrogens is 449 g/mol. The average molecular weight is 468 g/mol. The highest BCUT2D eigenvalue weighted by atomic mass is 127. The second kappa shape index (κ2) is 9.40. The van der Waals surface area contributed by atoms with Crippen LogP contribution in [-0.4, -0.2) is 23.5 Å². The van der Waals surface area contributed by atoms with Crippen LogP contribution in [0.4, 0.5) is 0 Å². The van der Waals surface area contributed by atoms with Gasteiger partial charge >= 0.3 is 5.97 Å². The number of carboxylic acids is 1. The maximum Gasteiger partial charge on any atom is 0.303 e. The number of nitrogens with one attached hydrogen (secondary N) is 1. The van der Waals surface area contributed by atoms with E-state index in [-0.39, 0.29) is 12.3 Å². The third kappa shape index (κ3) is 6.78. The van der Waals surface area contributed by atoms with Crippen LogP contribution < -0.4 is 5.32 Å². The molecule has 4 nitrogen and oxygen atoms in total. The van der Waals surface area contributed by atoms with Crippen molar-refractivity contribution in [1.29, 1.82) is 0 Å². The van der Waals surface area contributed by atoms with Crippen molar-refractivity contribution >= 4 is 50.4 Å². The molecule has 0 spiro atoms. The van der Waals surface area contributed by atoms with Gasteiger partial charge in [-0.15, -0.1) is 0 Å². The molecule has 0 aliphatic heterocycles. The summed E-state index contributed by atoms with van der Waals surface area (Å²) in [6, 6.07) is 5.59. The molecule has 0 fully saturated rings. The third-order valence-corrected chi connectivity index (χ3v) is 4.79. The molecule has 21 heavy (non-hydrogen) atoms. The Hall–Kier alpha value is -0.630. The highest BCUT2D eigenvalue weighted by Crippen LogP contribution is 2.19. The first-order valence-corrected chi connectivity index (χ1v) is 8.76. The van der Waals surface area contributed by atoms with Gasteiger partial charge in [0.05, 0.1) is 5.56 Å². The molecule has 1 aromatic carbocycles. The van der Waals surface area contributed by atoms with Gasteiger partial charge in [-0.05, 0) is 59.5 Å². The molecule has 1 aromatic rings. The van der Waals surface area contributed by atoms with Crippen LogP contribution in [0.25, 0.3) is 0 Å². The van der Waals surface area contributed by atoms with Crippen LogP contribution in [0.15, 0.2) is 22.7 Å². The monoisotopic (exact) mass is 467 g/mol. The maximum atomic E-state index is 12.1. The number of rotatable bonds is 8. The number of carboxylic acid groups (broad SMARTS) is 1. The van der Waals surface area contributed by atoms with Gasteiger partial charge in [-0.2, -0.15) is 0 Å². The van der Waals surface area contributed by atoms with Crippen molar-refractivity contribution in [2.24, 2.45) is 5.92 Å². The molecule has 1 rings (SSSR count). The Labute approximate surface area is 147 Å². The summed E-state index contributed by atoms with van der Waals surface area (Å²) in [5, 5.41) is 11.6. The molecule has 0 saturated heterocycles. The van der Waals surface area contributed by atoms with Gasteiger partial charge in [0, 0.05) is 21.0 Å². The first-order chi connectivity index (χ1) is 9.93. The molecule has 0 aliphatic carbocycles. The van der Waals surface area contributed by atoms with E-state index in [2.05, 4.69) is 43.8 Å². The molecule has 1 amide bonds. The number of carbonyl (C=O) groups excluding carboxylic acids is 1. The Bertz CT molecular complexity index is 508. The number of halogens is 2. The molecule has 1 atom stereocenters. The maximum absolute atomic E-state index is 12.1. The van der Waals surface area contributed by atoms with E-state index in [4.69, 9.17) is 5.11 Å². The van der Waals surface area contributed by atoms with Crippen molar-refractivity contribution in [3.63, 3.8) is 0 Å². The Morgan fingerprint density at radius 2 is 2.10 bits per heavy atom. The lowest BCUT2D eigenvalue weighted by Gasteiger charge is -2.14. The summed E-state index contributed by atoms with van der Waals surface area (Å²) in [4.78, 5) is 22.7. The first-order valence-electron chi connectivity index (χ1n) is 6.89. The number of hydrogen-bond acceptors (Lipinski definition) is 2. The first kappa shape index (κ1) is 18.4. The van der Waals surface area contributed by atoms with Gasteiger partial charge in [-0.3, -0.25) is 9.59 Å². The smallest absolute Gasteiger partial charge is 0.303 e. The number of hydrogen-bond donors (Lipinski definition) is 2. The molecule has 0 aromatic heterocycles. The van der Waals surface area contributed by atoms with Crippen LogP contribution in [-0.2, 0) is 4.79 Å². The molecule has 1 unspecified atom stereocenters. The largest absolute Gasteiger partial charge is 0.481 e. The van der Waals surface area contributed by atoms with Crippen molar-refractivity contribution in [3.05, 3.63) is 31.8 Å². The topological polar surface area (TPSA) is 66.4 Å². The van der Waals surface area contributed by atoms with Crippen molar-refractivity contribution in [3.8, 4) is 0 Å². The van der Waals surface area contributed by atoms with Crippen molar-refractivity contribution in [2.45, 2.75) is 32.6 Å². The van der Waals surface area contributed by atoms with Gasteiger partial charge in [0.15, 0.2) is 0 Å². The van der Waals surface area contributed by atoms with Crippen molar-refractivity contribution in [1.82, 2.24) is 5.32 Å². The number of benzene rings is 1. The molecule has 2 N–H and O–H groups in total. The zero-order valence-corrected chi connectivity index (χ0v) is 15.6. The molecule has 0 radical (unpaired) electrons. The minimum Gasteiger partial charge on any atom is -0.481 e. The molecule has 116 valence electrons. The lowest BCUT2D eigenvalue weighted by Crippen LogP contribution is -2.26. The molecule has 0 heterocycles. The molecule has 0 aliphatic rings. The summed E-state index contributed by atoms with van der Waals surface area (Å²) in [5.41, 5.74) is 0.656. The highest BCUT2D eigenvalue weighted by Gasteiger charge is 2.12. The molecule has 0 saturated carbocycles. The van der Waals surface area contributed by atoms with E-state index < -0.39 is 5.97 Å². The normalized spacial score (nSPS) is 12.0. The summed E-state index contributed by atoms with van der Waals surface area (Å²) in [6.45, 7) is 2.62. The summed E-state index contributed by atoms with van der Waals surface area (Å²) in [6.07, 6.45) is 2.59. The number of aliphatic carboxylic acids is 1. The fourth-order valence-corrected chi connectivity index (χ4v) is 2.98. The van der Waals surface area contributed by atoms with E-state index in [1.54, 1.807) is 6.07 Å². The lowest BCUT2D eigenvalue weighted by molar-refractivity contribution is -0.137. The van der Waals surface area contributed by atoms with Gasteiger partial charge in [-0.1, -0.05) is 29.3 Å². The van der Waals surface area contributed by atoms with E-state index in [0.29, 0.717) is 24.4 Å².